The molecule has 0 amide bonds. The maximum absolute atomic E-state index is 8.99. The summed E-state index contributed by atoms with van der Waals surface area (Å²) in [6, 6.07) is 9.31. The number of para-hydroxylation sites is 1. The summed E-state index contributed by atoms with van der Waals surface area (Å²) in [5.74, 6) is 0. The molecule has 19 heavy (non-hydrogen) atoms. The normalized spacial score (nSPS) is 19.8. The Bertz CT molecular complexity index is 392. The van der Waals surface area contributed by atoms with Gasteiger partial charge in [-0.3, -0.25) is 4.90 Å². The summed E-state index contributed by atoms with van der Waals surface area (Å²) in [6.07, 6.45) is 4.63. The zero-order valence-electron chi connectivity index (χ0n) is 12.2. The Balaban J connectivity index is 2.03. The van der Waals surface area contributed by atoms with E-state index in [1.54, 1.807) is 0 Å². The summed E-state index contributed by atoms with van der Waals surface area (Å²) >= 11 is 0. The highest BCUT2D eigenvalue weighted by molar-refractivity contribution is 5.52. The van der Waals surface area contributed by atoms with Crippen LogP contribution >= 0.6 is 0 Å². The summed E-state index contributed by atoms with van der Waals surface area (Å²) < 4.78 is 0. The lowest BCUT2D eigenvalue weighted by atomic mass is 10.1. The molecule has 0 saturated carbocycles. The van der Waals surface area contributed by atoms with Crippen molar-refractivity contribution < 1.29 is 5.11 Å². The fraction of sp³-hybridized carbons (Fsp3) is 0.625. The van der Waals surface area contributed by atoms with Crippen LogP contribution in [0.25, 0.3) is 0 Å². The van der Waals surface area contributed by atoms with Crippen LogP contribution in [-0.4, -0.2) is 43.3 Å². The smallest absolute Gasteiger partial charge is 0.0431 e. The molecule has 3 heteroatoms. The fourth-order valence-electron chi connectivity index (χ4n) is 3.06. The van der Waals surface area contributed by atoms with E-state index in [0.29, 0.717) is 12.6 Å². The molecule has 1 aromatic rings. The van der Waals surface area contributed by atoms with E-state index in [9.17, 15) is 0 Å². The van der Waals surface area contributed by atoms with Crippen molar-refractivity contribution in [3.8, 4) is 0 Å². The lowest BCUT2D eigenvalue weighted by molar-refractivity contribution is 0.210. The van der Waals surface area contributed by atoms with E-state index in [1.807, 2.05) is 0 Å². The summed E-state index contributed by atoms with van der Waals surface area (Å²) in [5, 5.41) is 8.99. The van der Waals surface area contributed by atoms with Crippen molar-refractivity contribution in [2.24, 2.45) is 0 Å². The van der Waals surface area contributed by atoms with Crippen molar-refractivity contribution in [2.45, 2.75) is 38.3 Å². The lowest BCUT2D eigenvalue weighted by Crippen LogP contribution is -2.29. The number of aliphatic hydroxyl groups excluding tert-OH is 1. The third-order valence-electron chi connectivity index (χ3n) is 4.04. The van der Waals surface area contributed by atoms with E-state index >= 15 is 0 Å². The zero-order valence-corrected chi connectivity index (χ0v) is 12.2. The lowest BCUT2D eigenvalue weighted by Gasteiger charge is -2.26. The molecule has 1 N–H and O–H groups in total. The molecule has 106 valence electrons. The molecule has 1 atom stereocenters. The Morgan fingerprint density at radius 3 is 2.84 bits per heavy atom. The van der Waals surface area contributed by atoms with Gasteiger partial charge >= 0.3 is 0 Å². The quantitative estimate of drug-likeness (QED) is 0.853. The number of aliphatic hydroxyl groups is 1. The molecule has 0 unspecified atom stereocenters. The summed E-state index contributed by atoms with van der Waals surface area (Å²) in [6.45, 7) is 2.54. The van der Waals surface area contributed by atoms with Gasteiger partial charge in [-0.1, -0.05) is 18.2 Å². The molecule has 0 spiro atoms. The van der Waals surface area contributed by atoms with Gasteiger partial charge in [-0.15, -0.1) is 0 Å². The van der Waals surface area contributed by atoms with Crippen molar-refractivity contribution in [3.63, 3.8) is 0 Å². The molecule has 2 rings (SSSR count). The Morgan fingerprint density at radius 1 is 1.32 bits per heavy atom. The Labute approximate surface area is 116 Å². The minimum absolute atomic E-state index is 0.318. The van der Waals surface area contributed by atoms with Crippen LogP contribution in [0.2, 0.25) is 0 Å². The molecule has 3 nitrogen and oxygen atoms in total. The van der Waals surface area contributed by atoms with Gasteiger partial charge in [0, 0.05) is 39.0 Å². The van der Waals surface area contributed by atoms with Gasteiger partial charge in [0.1, 0.15) is 0 Å². The van der Waals surface area contributed by atoms with E-state index in [-0.39, 0.29) is 0 Å². The minimum Gasteiger partial charge on any atom is -0.396 e. The SMILES string of the molecule is CN(C)c1ccccc1CN1CCC[C@@H]1CCCO. The zero-order chi connectivity index (χ0) is 13.7. The van der Waals surface area contributed by atoms with Gasteiger partial charge in [-0.2, -0.15) is 0 Å². The van der Waals surface area contributed by atoms with E-state index in [4.69, 9.17) is 5.11 Å². The van der Waals surface area contributed by atoms with Crippen LogP contribution in [0.15, 0.2) is 24.3 Å². The average Bonchev–Trinajstić information content (AvgIpc) is 2.84. The maximum atomic E-state index is 8.99. The first-order valence-corrected chi connectivity index (χ1v) is 7.32. The highest BCUT2D eigenvalue weighted by Gasteiger charge is 2.24. The summed E-state index contributed by atoms with van der Waals surface area (Å²) in [4.78, 5) is 4.77. The van der Waals surface area contributed by atoms with E-state index in [2.05, 4.69) is 48.2 Å². The highest BCUT2D eigenvalue weighted by atomic mass is 16.2. The van der Waals surface area contributed by atoms with Crippen LogP contribution in [0.3, 0.4) is 0 Å². The van der Waals surface area contributed by atoms with Crippen molar-refractivity contribution in [1.82, 2.24) is 4.90 Å². The first kappa shape index (κ1) is 14.4. The van der Waals surface area contributed by atoms with Crippen LogP contribution in [0.5, 0.6) is 0 Å². The van der Waals surface area contributed by atoms with Gasteiger partial charge in [-0.05, 0) is 43.9 Å². The van der Waals surface area contributed by atoms with Crippen molar-refractivity contribution in [2.75, 3.05) is 32.1 Å². The second kappa shape index (κ2) is 6.92. The van der Waals surface area contributed by atoms with Gasteiger partial charge in [0.15, 0.2) is 0 Å². The molecule has 1 aliphatic rings. The molecule has 0 aliphatic carbocycles. The van der Waals surface area contributed by atoms with E-state index < -0.39 is 0 Å². The topological polar surface area (TPSA) is 26.7 Å². The number of hydrogen-bond acceptors (Lipinski definition) is 3. The summed E-state index contributed by atoms with van der Waals surface area (Å²) in [7, 11) is 4.21. The highest BCUT2D eigenvalue weighted by Crippen LogP contribution is 2.26. The molecule has 0 radical (unpaired) electrons. The predicted octanol–water partition coefficient (Wildman–Crippen LogP) is 2.49. The first-order valence-electron chi connectivity index (χ1n) is 7.32. The molecular formula is C16H26N2O. The van der Waals surface area contributed by atoms with Gasteiger partial charge in [0.05, 0.1) is 0 Å². The Hall–Kier alpha value is -1.06. The Morgan fingerprint density at radius 2 is 2.11 bits per heavy atom. The van der Waals surface area contributed by atoms with Gasteiger partial charge in [0.2, 0.25) is 0 Å². The van der Waals surface area contributed by atoms with Crippen molar-refractivity contribution in [3.05, 3.63) is 29.8 Å². The first-order chi connectivity index (χ1) is 9.22. The van der Waals surface area contributed by atoms with Crippen LogP contribution in [0.4, 0.5) is 5.69 Å². The predicted molar refractivity (Wildman–Crippen MR) is 80.5 cm³/mol. The second-order valence-electron chi connectivity index (χ2n) is 5.66. The van der Waals surface area contributed by atoms with Gasteiger partial charge in [-0.25, -0.2) is 0 Å². The molecule has 1 aromatic carbocycles. The van der Waals surface area contributed by atoms with Crippen LogP contribution in [0.1, 0.15) is 31.2 Å². The fourth-order valence-corrected chi connectivity index (χ4v) is 3.06. The molecule has 1 aliphatic heterocycles. The standard InChI is InChI=1S/C16H26N2O/c1-17(2)16-10-4-3-7-14(16)13-18-11-5-8-15(18)9-6-12-19/h3-4,7,10,15,19H,5-6,8-9,11-13H2,1-2H3/t15-/m1/s1. The van der Waals surface area contributed by atoms with E-state index in [0.717, 1.165) is 19.4 Å². The number of nitrogens with zero attached hydrogens (tertiary/aromatic N) is 2. The van der Waals surface area contributed by atoms with Gasteiger partial charge in [0.25, 0.3) is 0 Å². The molecule has 1 heterocycles. The third kappa shape index (κ3) is 3.71. The molecular weight excluding hydrogens is 236 g/mol. The van der Waals surface area contributed by atoms with Crippen LogP contribution in [0, 0.1) is 0 Å². The molecule has 0 aromatic heterocycles. The molecule has 1 fully saturated rings. The number of hydrogen-bond donors (Lipinski definition) is 1. The minimum atomic E-state index is 0.318. The van der Waals surface area contributed by atoms with Gasteiger partial charge < -0.3 is 10.0 Å². The number of anilines is 1. The third-order valence-corrected chi connectivity index (χ3v) is 4.04. The van der Waals surface area contributed by atoms with Crippen LogP contribution in [-0.2, 0) is 6.54 Å². The Kier molecular flexibility index (Phi) is 5.23. The number of benzene rings is 1. The van der Waals surface area contributed by atoms with Crippen molar-refractivity contribution >= 4 is 5.69 Å². The molecule has 0 bridgehead atoms. The van der Waals surface area contributed by atoms with Crippen LogP contribution < -0.4 is 4.90 Å². The number of rotatable bonds is 6. The second-order valence-corrected chi connectivity index (χ2v) is 5.66. The number of likely N-dealkylation sites (tertiary alicyclic amines) is 1. The van der Waals surface area contributed by atoms with Crippen molar-refractivity contribution in [1.29, 1.82) is 0 Å². The largest absolute Gasteiger partial charge is 0.396 e. The van der Waals surface area contributed by atoms with E-state index in [1.165, 1.54) is 30.6 Å². The average molecular weight is 262 g/mol. The molecule has 1 saturated heterocycles. The monoisotopic (exact) mass is 262 g/mol. The summed E-state index contributed by atoms with van der Waals surface area (Å²) in [5.41, 5.74) is 2.72. The maximum Gasteiger partial charge on any atom is 0.0431 e.